The fourth-order valence-electron chi connectivity index (χ4n) is 2.30. The highest BCUT2D eigenvalue weighted by molar-refractivity contribution is 5.67. The van der Waals surface area contributed by atoms with Gasteiger partial charge in [0.1, 0.15) is 12.4 Å². The average Bonchev–Trinajstić information content (AvgIpc) is 2.39. The lowest BCUT2D eigenvalue weighted by atomic mass is 10.2. The molecule has 1 saturated heterocycles. The van der Waals surface area contributed by atoms with Crippen LogP contribution >= 0.6 is 0 Å². The first-order chi connectivity index (χ1) is 8.33. The van der Waals surface area contributed by atoms with E-state index in [4.69, 9.17) is 9.47 Å². The van der Waals surface area contributed by atoms with Crippen molar-refractivity contribution in [1.29, 1.82) is 0 Å². The summed E-state index contributed by atoms with van der Waals surface area (Å²) in [7, 11) is 0. The molecule has 0 saturated carbocycles. The van der Waals surface area contributed by atoms with Crippen LogP contribution in [0.2, 0.25) is 0 Å². The van der Waals surface area contributed by atoms with Crippen molar-refractivity contribution in [1.82, 2.24) is 0 Å². The van der Waals surface area contributed by atoms with Crippen LogP contribution in [-0.4, -0.2) is 39.0 Å². The maximum absolute atomic E-state index is 5.67. The molecule has 0 bridgehead atoms. The fraction of sp³-hybridized carbons (Fsp3) is 0.538. The van der Waals surface area contributed by atoms with Crippen molar-refractivity contribution in [3.63, 3.8) is 0 Å². The Kier molecular flexibility index (Phi) is 2.81. The fourth-order valence-corrected chi connectivity index (χ4v) is 2.30. The van der Waals surface area contributed by atoms with Gasteiger partial charge in [-0.15, -0.1) is 0 Å². The molecule has 0 spiro atoms. The summed E-state index contributed by atoms with van der Waals surface area (Å²) >= 11 is 0. The number of fused-ring (bicyclic) bond motifs is 1. The minimum Gasteiger partial charge on any atom is -0.489 e. The van der Waals surface area contributed by atoms with Crippen LogP contribution in [0.25, 0.3) is 0 Å². The molecule has 2 aliphatic rings. The molecule has 1 aromatic carbocycles. The van der Waals surface area contributed by atoms with Crippen molar-refractivity contribution in [3.05, 3.63) is 18.2 Å². The molecule has 0 amide bonds. The third-order valence-electron chi connectivity index (χ3n) is 3.23. The second-order valence-corrected chi connectivity index (χ2v) is 4.64. The van der Waals surface area contributed by atoms with Gasteiger partial charge in [-0.25, -0.2) is 0 Å². The molecule has 1 fully saturated rings. The van der Waals surface area contributed by atoms with Gasteiger partial charge in [-0.3, -0.25) is 0 Å². The number of nitrogens with zero attached hydrogens (tertiary/aromatic N) is 1. The van der Waals surface area contributed by atoms with Crippen molar-refractivity contribution in [2.24, 2.45) is 0 Å². The van der Waals surface area contributed by atoms with E-state index in [0.29, 0.717) is 6.04 Å². The number of anilines is 2. The summed E-state index contributed by atoms with van der Waals surface area (Å²) in [5.74, 6) is 0.958. The molecule has 1 N–H and O–H groups in total. The zero-order chi connectivity index (χ0) is 11.7. The maximum Gasteiger partial charge on any atom is 0.142 e. The second kappa shape index (κ2) is 4.45. The van der Waals surface area contributed by atoms with E-state index in [0.717, 1.165) is 44.3 Å². The Balaban J connectivity index is 1.84. The van der Waals surface area contributed by atoms with Crippen LogP contribution in [0.1, 0.15) is 6.92 Å². The molecule has 0 aromatic heterocycles. The van der Waals surface area contributed by atoms with E-state index in [1.165, 1.54) is 5.69 Å². The predicted molar refractivity (Wildman–Crippen MR) is 68.1 cm³/mol. The van der Waals surface area contributed by atoms with Crippen molar-refractivity contribution < 1.29 is 9.47 Å². The topological polar surface area (TPSA) is 33.7 Å². The van der Waals surface area contributed by atoms with Crippen LogP contribution < -0.4 is 15.0 Å². The molecule has 4 nitrogen and oxygen atoms in total. The van der Waals surface area contributed by atoms with Crippen LogP contribution in [-0.2, 0) is 4.74 Å². The van der Waals surface area contributed by atoms with Crippen LogP contribution in [0.3, 0.4) is 0 Å². The van der Waals surface area contributed by atoms with E-state index in [-0.39, 0.29) is 0 Å². The SMILES string of the molecule is CC1COc2ccc(N3CCOCC3)cc2N1. The van der Waals surface area contributed by atoms with Gasteiger partial charge >= 0.3 is 0 Å². The first kappa shape index (κ1) is 10.7. The molecule has 0 aliphatic carbocycles. The Bertz CT molecular complexity index is 402. The largest absolute Gasteiger partial charge is 0.489 e. The summed E-state index contributed by atoms with van der Waals surface area (Å²) in [5.41, 5.74) is 2.35. The zero-order valence-electron chi connectivity index (χ0n) is 10.1. The number of hydrogen-bond donors (Lipinski definition) is 1. The standard InChI is InChI=1S/C13H18N2O2/c1-10-9-17-13-3-2-11(8-12(13)14-10)15-4-6-16-7-5-15/h2-3,8,10,14H,4-7,9H2,1H3. The van der Waals surface area contributed by atoms with Gasteiger partial charge in [-0.1, -0.05) is 0 Å². The molecule has 1 unspecified atom stereocenters. The highest BCUT2D eigenvalue weighted by Gasteiger charge is 2.18. The molecule has 1 aromatic rings. The Hall–Kier alpha value is -1.42. The van der Waals surface area contributed by atoms with Gasteiger partial charge in [0.05, 0.1) is 24.9 Å². The summed E-state index contributed by atoms with van der Waals surface area (Å²) < 4.78 is 11.0. The van der Waals surface area contributed by atoms with Crippen molar-refractivity contribution in [3.8, 4) is 5.75 Å². The first-order valence-electron chi connectivity index (χ1n) is 6.19. The lowest BCUT2D eigenvalue weighted by Crippen LogP contribution is -2.36. The normalized spacial score (nSPS) is 23.6. The maximum atomic E-state index is 5.67. The quantitative estimate of drug-likeness (QED) is 0.802. The predicted octanol–water partition coefficient (Wildman–Crippen LogP) is 1.72. The molecule has 0 radical (unpaired) electrons. The van der Waals surface area contributed by atoms with Crippen molar-refractivity contribution in [2.45, 2.75) is 13.0 Å². The average molecular weight is 234 g/mol. The van der Waals surface area contributed by atoms with Gasteiger partial charge in [0, 0.05) is 18.8 Å². The van der Waals surface area contributed by atoms with Crippen LogP contribution in [0.4, 0.5) is 11.4 Å². The second-order valence-electron chi connectivity index (χ2n) is 4.64. The first-order valence-corrected chi connectivity index (χ1v) is 6.19. The van der Waals surface area contributed by atoms with Gasteiger partial charge in [0.15, 0.2) is 0 Å². The molecule has 2 heterocycles. The Labute approximate surface area is 102 Å². The van der Waals surface area contributed by atoms with E-state index in [1.807, 2.05) is 0 Å². The Morgan fingerprint density at radius 1 is 1.29 bits per heavy atom. The van der Waals surface area contributed by atoms with E-state index >= 15 is 0 Å². The van der Waals surface area contributed by atoms with Crippen LogP contribution in [0.5, 0.6) is 5.75 Å². The molecule has 92 valence electrons. The number of hydrogen-bond acceptors (Lipinski definition) is 4. The highest BCUT2D eigenvalue weighted by Crippen LogP contribution is 2.33. The highest BCUT2D eigenvalue weighted by atomic mass is 16.5. The lowest BCUT2D eigenvalue weighted by molar-refractivity contribution is 0.122. The van der Waals surface area contributed by atoms with Gasteiger partial charge in [-0.2, -0.15) is 0 Å². The number of rotatable bonds is 1. The monoisotopic (exact) mass is 234 g/mol. The molecular weight excluding hydrogens is 216 g/mol. The molecule has 4 heteroatoms. The van der Waals surface area contributed by atoms with Crippen LogP contribution in [0, 0.1) is 0 Å². The van der Waals surface area contributed by atoms with Gasteiger partial charge in [0.2, 0.25) is 0 Å². The molecular formula is C13H18N2O2. The number of ether oxygens (including phenoxy) is 2. The van der Waals surface area contributed by atoms with Gasteiger partial charge in [0.25, 0.3) is 0 Å². The van der Waals surface area contributed by atoms with Crippen LogP contribution in [0.15, 0.2) is 18.2 Å². The van der Waals surface area contributed by atoms with E-state index < -0.39 is 0 Å². The smallest absolute Gasteiger partial charge is 0.142 e. The van der Waals surface area contributed by atoms with Gasteiger partial charge in [-0.05, 0) is 25.1 Å². The summed E-state index contributed by atoms with van der Waals surface area (Å²) in [6, 6.07) is 6.74. The third kappa shape index (κ3) is 2.17. The summed E-state index contributed by atoms with van der Waals surface area (Å²) in [5, 5.41) is 3.46. The Morgan fingerprint density at radius 2 is 2.12 bits per heavy atom. The molecule has 3 rings (SSSR count). The number of morpholine rings is 1. The lowest BCUT2D eigenvalue weighted by Gasteiger charge is -2.31. The zero-order valence-corrected chi connectivity index (χ0v) is 10.1. The molecule has 17 heavy (non-hydrogen) atoms. The van der Waals surface area contributed by atoms with Gasteiger partial charge < -0.3 is 19.7 Å². The summed E-state index contributed by atoms with van der Waals surface area (Å²) in [6.45, 7) is 6.44. The number of benzene rings is 1. The van der Waals surface area contributed by atoms with E-state index in [1.54, 1.807) is 0 Å². The van der Waals surface area contributed by atoms with Crippen molar-refractivity contribution in [2.75, 3.05) is 43.1 Å². The summed E-state index contributed by atoms with van der Waals surface area (Å²) in [6.07, 6.45) is 0. The molecule has 1 atom stereocenters. The minimum absolute atomic E-state index is 0.377. The number of nitrogens with one attached hydrogen (secondary N) is 1. The van der Waals surface area contributed by atoms with Crippen molar-refractivity contribution >= 4 is 11.4 Å². The van der Waals surface area contributed by atoms with E-state index in [9.17, 15) is 0 Å². The third-order valence-corrected chi connectivity index (χ3v) is 3.23. The minimum atomic E-state index is 0.377. The summed E-state index contributed by atoms with van der Waals surface area (Å²) in [4.78, 5) is 2.35. The Morgan fingerprint density at radius 3 is 2.94 bits per heavy atom. The van der Waals surface area contributed by atoms with E-state index in [2.05, 4.69) is 35.3 Å². The molecule has 2 aliphatic heterocycles.